The van der Waals surface area contributed by atoms with Crippen LogP contribution in [0.4, 0.5) is 17.6 Å². The molecule has 1 nitrogen and oxygen atoms in total. The van der Waals surface area contributed by atoms with Gasteiger partial charge in [0.1, 0.15) is 5.82 Å². The lowest BCUT2D eigenvalue weighted by Gasteiger charge is -2.12. The van der Waals surface area contributed by atoms with Crippen LogP contribution in [0.25, 0.3) is 0 Å². The van der Waals surface area contributed by atoms with E-state index in [1.807, 2.05) is 0 Å². The van der Waals surface area contributed by atoms with Crippen LogP contribution in [0, 0.1) is 19.7 Å². The van der Waals surface area contributed by atoms with Gasteiger partial charge in [-0.3, -0.25) is 4.79 Å². The van der Waals surface area contributed by atoms with E-state index in [1.54, 1.807) is 0 Å². The van der Waals surface area contributed by atoms with Crippen LogP contribution in [0.2, 0.25) is 0 Å². The molecule has 0 saturated carbocycles. The van der Waals surface area contributed by atoms with Crippen LogP contribution in [0.3, 0.4) is 0 Å². The minimum atomic E-state index is -4.61. The summed E-state index contributed by atoms with van der Waals surface area (Å²) < 4.78 is 52.4. The van der Waals surface area contributed by atoms with Gasteiger partial charge in [-0.2, -0.15) is 13.2 Å². The average Bonchev–Trinajstić information content (AvgIpc) is 2.42. The molecular formula is C16H12F4O. The summed E-state index contributed by atoms with van der Waals surface area (Å²) in [6, 6.07) is 7.10. The Hall–Kier alpha value is -2.17. The molecule has 0 saturated heterocycles. The van der Waals surface area contributed by atoms with E-state index in [0.29, 0.717) is 0 Å². The van der Waals surface area contributed by atoms with Crippen molar-refractivity contribution < 1.29 is 22.4 Å². The van der Waals surface area contributed by atoms with E-state index in [2.05, 4.69) is 0 Å². The van der Waals surface area contributed by atoms with E-state index in [4.69, 9.17) is 0 Å². The van der Waals surface area contributed by atoms with Crippen molar-refractivity contribution in [1.29, 1.82) is 0 Å². The third-order valence-electron chi connectivity index (χ3n) is 3.18. The summed E-state index contributed by atoms with van der Waals surface area (Å²) >= 11 is 0. The second-order valence-corrected chi connectivity index (χ2v) is 4.80. The average molecular weight is 296 g/mol. The number of benzene rings is 2. The van der Waals surface area contributed by atoms with Crippen LogP contribution in [-0.4, -0.2) is 5.78 Å². The molecule has 0 fully saturated rings. The normalized spacial score (nSPS) is 11.5. The number of alkyl halides is 3. The van der Waals surface area contributed by atoms with Crippen LogP contribution in [0.5, 0.6) is 0 Å². The highest BCUT2D eigenvalue weighted by Gasteiger charge is 2.35. The fourth-order valence-electron chi connectivity index (χ4n) is 2.16. The minimum absolute atomic E-state index is 0.0445. The number of ketones is 1. The molecule has 5 heteroatoms. The highest BCUT2D eigenvalue weighted by Crippen LogP contribution is 2.33. The number of aryl methyl sites for hydroxylation is 2. The number of rotatable bonds is 2. The minimum Gasteiger partial charge on any atom is -0.289 e. The third kappa shape index (κ3) is 2.96. The van der Waals surface area contributed by atoms with Gasteiger partial charge in [0.15, 0.2) is 5.78 Å². The molecule has 2 aromatic rings. The van der Waals surface area contributed by atoms with E-state index in [0.717, 1.165) is 12.1 Å². The SMILES string of the molecule is Cc1cc(C(=O)c2ccccc2C(F)(F)F)cc(C)c1F. The molecule has 2 aromatic carbocycles. The van der Waals surface area contributed by atoms with Gasteiger partial charge in [0.2, 0.25) is 0 Å². The van der Waals surface area contributed by atoms with Crippen molar-refractivity contribution in [2.45, 2.75) is 20.0 Å². The van der Waals surface area contributed by atoms with Gasteiger partial charge < -0.3 is 0 Å². The van der Waals surface area contributed by atoms with E-state index in [1.165, 1.54) is 38.1 Å². The summed E-state index contributed by atoms with van der Waals surface area (Å²) in [4.78, 5) is 12.3. The van der Waals surface area contributed by atoms with Crippen LogP contribution < -0.4 is 0 Å². The number of halogens is 4. The second kappa shape index (κ2) is 5.31. The predicted octanol–water partition coefficient (Wildman–Crippen LogP) is 4.69. The van der Waals surface area contributed by atoms with Crippen molar-refractivity contribution in [2.75, 3.05) is 0 Å². The summed E-state index contributed by atoms with van der Waals surface area (Å²) in [6.45, 7) is 2.93. The molecule has 0 bridgehead atoms. The Kier molecular flexibility index (Phi) is 3.85. The number of carbonyl (C=O) groups is 1. The summed E-state index contributed by atoms with van der Waals surface area (Å²) in [6.07, 6.45) is -4.61. The number of hydrogen-bond donors (Lipinski definition) is 0. The summed E-state index contributed by atoms with van der Waals surface area (Å²) in [5.74, 6) is -1.23. The maximum Gasteiger partial charge on any atom is 0.417 e. The maximum atomic E-state index is 13.6. The monoisotopic (exact) mass is 296 g/mol. The Labute approximate surface area is 119 Å². The van der Waals surface area contributed by atoms with E-state index < -0.39 is 28.9 Å². The quantitative estimate of drug-likeness (QED) is 0.580. The molecule has 0 radical (unpaired) electrons. The molecular weight excluding hydrogens is 284 g/mol. The van der Waals surface area contributed by atoms with Crippen LogP contribution in [0.1, 0.15) is 32.6 Å². The smallest absolute Gasteiger partial charge is 0.289 e. The molecule has 21 heavy (non-hydrogen) atoms. The lowest BCUT2D eigenvalue weighted by Crippen LogP contribution is -2.14. The fourth-order valence-corrected chi connectivity index (χ4v) is 2.16. The first-order valence-corrected chi connectivity index (χ1v) is 6.19. The lowest BCUT2D eigenvalue weighted by molar-refractivity contribution is -0.137. The summed E-state index contributed by atoms with van der Waals surface area (Å²) in [5, 5.41) is 0. The molecule has 2 rings (SSSR count). The van der Waals surface area contributed by atoms with Crippen molar-refractivity contribution in [1.82, 2.24) is 0 Å². The summed E-state index contributed by atoms with van der Waals surface area (Å²) in [5.41, 5.74) is -0.932. The van der Waals surface area contributed by atoms with Gasteiger partial charge in [-0.15, -0.1) is 0 Å². The predicted molar refractivity (Wildman–Crippen MR) is 70.8 cm³/mol. The first kappa shape index (κ1) is 15.2. The van der Waals surface area contributed by atoms with Crippen molar-refractivity contribution in [2.24, 2.45) is 0 Å². The van der Waals surface area contributed by atoms with Crippen molar-refractivity contribution in [3.05, 3.63) is 70.0 Å². The molecule has 0 aliphatic heterocycles. The largest absolute Gasteiger partial charge is 0.417 e. The zero-order valence-electron chi connectivity index (χ0n) is 11.4. The zero-order valence-corrected chi connectivity index (χ0v) is 11.4. The van der Waals surface area contributed by atoms with Crippen LogP contribution in [-0.2, 0) is 6.18 Å². The fraction of sp³-hybridized carbons (Fsp3) is 0.188. The van der Waals surface area contributed by atoms with Gasteiger partial charge in [-0.1, -0.05) is 18.2 Å². The summed E-state index contributed by atoms with van der Waals surface area (Å²) in [7, 11) is 0. The van der Waals surface area contributed by atoms with E-state index in [-0.39, 0.29) is 16.7 Å². The molecule has 0 atom stereocenters. The maximum absolute atomic E-state index is 13.6. The van der Waals surface area contributed by atoms with Gasteiger partial charge in [0.05, 0.1) is 5.56 Å². The molecule has 0 aliphatic carbocycles. The molecule has 0 aliphatic rings. The molecule has 0 spiro atoms. The van der Waals surface area contributed by atoms with Gasteiger partial charge in [0, 0.05) is 11.1 Å². The number of carbonyl (C=O) groups excluding carboxylic acids is 1. The highest BCUT2D eigenvalue weighted by atomic mass is 19.4. The zero-order chi connectivity index (χ0) is 15.8. The van der Waals surface area contributed by atoms with Crippen molar-refractivity contribution in [3.63, 3.8) is 0 Å². The Morgan fingerprint density at radius 3 is 2.05 bits per heavy atom. The van der Waals surface area contributed by atoms with Gasteiger partial charge in [-0.05, 0) is 43.2 Å². The van der Waals surface area contributed by atoms with Gasteiger partial charge >= 0.3 is 6.18 Å². The molecule has 110 valence electrons. The Morgan fingerprint density at radius 2 is 1.52 bits per heavy atom. The molecule has 0 aromatic heterocycles. The van der Waals surface area contributed by atoms with Crippen molar-refractivity contribution >= 4 is 5.78 Å². The molecule has 0 unspecified atom stereocenters. The Morgan fingerprint density at radius 1 is 1.00 bits per heavy atom. The second-order valence-electron chi connectivity index (χ2n) is 4.80. The molecule has 0 heterocycles. The first-order chi connectivity index (χ1) is 9.71. The Balaban J connectivity index is 2.56. The van der Waals surface area contributed by atoms with Crippen LogP contribution in [0.15, 0.2) is 36.4 Å². The highest BCUT2D eigenvalue weighted by molar-refractivity contribution is 6.10. The topological polar surface area (TPSA) is 17.1 Å². The first-order valence-electron chi connectivity index (χ1n) is 6.19. The molecule has 0 N–H and O–H groups in total. The standard InChI is InChI=1S/C16H12F4O/c1-9-7-11(8-10(2)14(9)17)15(21)12-5-3-4-6-13(12)16(18,19)20/h3-8H,1-2H3. The van der Waals surface area contributed by atoms with Gasteiger partial charge in [0.25, 0.3) is 0 Å². The van der Waals surface area contributed by atoms with E-state index in [9.17, 15) is 22.4 Å². The Bertz CT molecular complexity index is 679. The van der Waals surface area contributed by atoms with E-state index >= 15 is 0 Å². The third-order valence-corrected chi connectivity index (χ3v) is 3.18. The number of hydrogen-bond acceptors (Lipinski definition) is 1. The van der Waals surface area contributed by atoms with Gasteiger partial charge in [-0.25, -0.2) is 4.39 Å². The lowest BCUT2D eigenvalue weighted by atomic mass is 9.95. The van der Waals surface area contributed by atoms with Crippen molar-refractivity contribution in [3.8, 4) is 0 Å². The van der Waals surface area contributed by atoms with Crippen LogP contribution >= 0.6 is 0 Å². The molecule has 0 amide bonds.